The van der Waals surface area contributed by atoms with Gasteiger partial charge in [-0.2, -0.15) is 4.80 Å². The van der Waals surface area contributed by atoms with Crippen LogP contribution in [-0.4, -0.2) is 45.4 Å². The van der Waals surface area contributed by atoms with Crippen molar-refractivity contribution in [1.82, 2.24) is 25.5 Å². The van der Waals surface area contributed by atoms with E-state index in [1.165, 1.54) is 4.80 Å². The number of rotatable bonds is 5. The number of hydrogen-bond donors (Lipinski definition) is 1. The minimum absolute atomic E-state index is 0.0109. The van der Waals surface area contributed by atoms with Crippen LogP contribution in [0.4, 0.5) is 0 Å². The molecule has 2 heterocycles. The normalized spacial score (nSPS) is 15.4. The number of aromatic nitrogens is 4. The smallest absolute Gasteiger partial charge is 0.243 e. The Hall–Kier alpha value is -3.42. The number of hydrogen-bond acceptors (Lipinski definition) is 6. The first-order valence-electron chi connectivity index (χ1n) is 8.67. The first-order chi connectivity index (χ1) is 13.2. The van der Waals surface area contributed by atoms with Gasteiger partial charge < -0.3 is 14.8 Å². The van der Waals surface area contributed by atoms with Crippen LogP contribution in [0.3, 0.4) is 0 Å². The summed E-state index contributed by atoms with van der Waals surface area (Å²) in [6, 6.07) is 15.3. The fraction of sp³-hybridized carbons (Fsp3) is 0.263. The molecule has 8 nitrogen and oxygen atoms in total. The van der Waals surface area contributed by atoms with Crippen LogP contribution in [0.25, 0.3) is 11.4 Å². The van der Waals surface area contributed by atoms with Gasteiger partial charge in [-0.05, 0) is 24.3 Å². The Bertz CT molecular complexity index is 939. The number of tetrazole rings is 1. The molecule has 4 rings (SSSR count). The Morgan fingerprint density at radius 2 is 1.96 bits per heavy atom. The minimum atomic E-state index is -0.240. The highest BCUT2D eigenvalue weighted by Gasteiger charge is 2.21. The van der Waals surface area contributed by atoms with E-state index in [9.17, 15) is 4.79 Å². The Labute approximate surface area is 156 Å². The molecule has 1 aromatic heterocycles. The summed E-state index contributed by atoms with van der Waals surface area (Å²) in [5.74, 6) is 1.67. The molecule has 1 aliphatic rings. The van der Waals surface area contributed by atoms with Crippen LogP contribution in [0.5, 0.6) is 11.5 Å². The second-order valence-electron chi connectivity index (χ2n) is 6.31. The molecule has 2 aromatic carbocycles. The van der Waals surface area contributed by atoms with Gasteiger partial charge in [-0.25, -0.2) is 0 Å². The molecule has 0 spiro atoms. The van der Waals surface area contributed by atoms with E-state index in [0.717, 1.165) is 16.9 Å². The van der Waals surface area contributed by atoms with Gasteiger partial charge in [-0.15, -0.1) is 10.2 Å². The number of carbonyl (C=O) groups is 1. The lowest BCUT2D eigenvalue weighted by Crippen LogP contribution is -2.41. The summed E-state index contributed by atoms with van der Waals surface area (Å²) in [6.45, 7) is 2.73. The fourth-order valence-electron chi connectivity index (χ4n) is 2.70. The zero-order valence-electron chi connectivity index (χ0n) is 14.8. The molecule has 0 fully saturated rings. The summed E-state index contributed by atoms with van der Waals surface area (Å²) >= 11 is 0. The van der Waals surface area contributed by atoms with Gasteiger partial charge in [-0.1, -0.05) is 42.0 Å². The highest BCUT2D eigenvalue weighted by molar-refractivity contribution is 5.75. The molecule has 1 N–H and O–H groups in total. The van der Waals surface area contributed by atoms with Crippen LogP contribution < -0.4 is 14.8 Å². The summed E-state index contributed by atoms with van der Waals surface area (Å²) in [7, 11) is 0. The number of amides is 1. The predicted molar refractivity (Wildman–Crippen MR) is 97.4 cm³/mol. The highest BCUT2D eigenvalue weighted by atomic mass is 16.6. The summed E-state index contributed by atoms with van der Waals surface area (Å²) in [4.78, 5) is 13.4. The van der Waals surface area contributed by atoms with Gasteiger partial charge in [0.2, 0.25) is 11.7 Å². The topological polar surface area (TPSA) is 91.2 Å². The molecular formula is C19H19N5O3. The van der Waals surface area contributed by atoms with Gasteiger partial charge in [0, 0.05) is 5.56 Å². The van der Waals surface area contributed by atoms with Gasteiger partial charge in [0.1, 0.15) is 19.3 Å². The Balaban J connectivity index is 1.29. The van der Waals surface area contributed by atoms with E-state index in [1.54, 1.807) is 0 Å². The molecule has 0 bridgehead atoms. The third-order valence-corrected chi connectivity index (χ3v) is 4.14. The van der Waals surface area contributed by atoms with E-state index in [-0.39, 0.29) is 18.6 Å². The minimum Gasteiger partial charge on any atom is -0.486 e. The van der Waals surface area contributed by atoms with Gasteiger partial charge in [-0.3, -0.25) is 4.79 Å². The van der Waals surface area contributed by atoms with E-state index in [4.69, 9.17) is 9.47 Å². The lowest BCUT2D eigenvalue weighted by atomic mass is 10.1. The van der Waals surface area contributed by atoms with Gasteiger partial charge in [0.05, 0.1) is 6.54 Å². The molecule has 0 saturated carbocycles. The first kappa shape index (κ1) is 17.0. The van der Waals surface area contributed by atoms with Crippen molar-refractivity contribution in [3.8, 4) is 22.9 Å². The standard InChI is InChI=1S/C19H19N5O3/c1-13-6-8-14(9-7-13)19-21-23-24(22-19)11-18(25)20-10-15-12-26-16-4-2-3-5-17(16)27-15/h2-9,15H,10-12H2,1H3,(H,20,25)/t15-/m0/s1. The van der Waals surface area contributed by atoms with E-state index in [1.807, 2.05) is 55.5 Å². The Kier molecular flexibility index (Phi) is 4.69. The zero-order chi connectivity index (χ0) is 18.6. The lowest BCUT2D eigenvalue weighted by molar-refractivity contribution is -0.122. The zero-order valence-corrected chi connectivity index (χ0v) is 14.8. The second-order valence-corrected chi connectivity index (χ2v) is 6.31. The van der Waals surface area contributed by atoms with Crippen molar-refractivity contribution in [3.63, 3.8) is 0 Å². The lowest BCUT2D eigenvalue weighted by Gasteiger charge is -2.26. The highest BCUT2D eigenvalue weighted by Crippen LogP contribution is 2.30. The van der Waals surface area contributed by atoms with Crippen LogP contribution in [0.15, 0.2) is 48.5 Å². The molecule has 1 atom stereocenters. The van der Waals surface area contributed by atoms with E-state index < -0.39 is 0 Å². The third-order valence-electron chi connectivity index (χ3n) is 4.14. The van der Waals surface area contributed by atoms with Crippen molar-refractivity contribution < 1.29 is 14.3 Å². The maximum atomic E-state index is 12.2. The van der Waals surface area contributed by atoms with Crippen LogP contribution in [0.1, 0.15) is 5.56 Å². The van der Waals surface area contributed by atoms with E-state index >= 15 is 0 Å². The van der Waals surface area contributed by atoms with E-state index in [0.29, 0.717) is 24.7 Å². The van der Waals surface area contributed by atoms with Crippen molar-refractivity contribution in [2.75, 3.05) is 13.2 Å². The average Bonchev–Trinajstić information content (AvgIpc) is 3.15. The van der Waals surface area contributed by atoms with Crippen molar-refractivity contribution in [1.29, 1.82) is 0 Å². The van der Waals surface area contributed by atoms with E-state index in [2.05, 4.69) is 20.7 Å². The second kappa shape index (κ2) is 7.45. The maximum Gasteiger partial charge on any atom is 0.243 e. The summed E-state index contributed by atoms with van der Waals surface area (Å²) < 4.78 is 11.4. The van der Waals surface area contributed by atoms with Crippen LogP contribution in [0.2, 0.25) is 0 Å². The van der Waals surface area contributed by atoms with Crippen molar-refractivity contribution in [2.24, 2.45) is 0 Å². The molecule has 0 saturated heterocycles. The molecule has 0 aliphatic carbocycles. The number of nitrogens with one attached hydrogen (secondary N) is 1. The maximum absolute atomic E-state index is 12.2. The molecule has 27 heavy (non-hydrogen) atoms. The van der Waals surface area contributed by atoms with Crippen LogP contribution >= 0.6 is 0 Å². The largest absolute Gasteiger partial charge is 0.486 e. The van der Waals surface area contributed by atoms with Crippen molar-refractivity contribution in [3.05, 3.63) is 54.1 Å². The molecule has 1 aliphatic heterocycles. The average molecular weight is 365 g/mol. The van der Waals surface area contributed by atoms with Gasteiger partial charge >= 0.3 is 0 Å². The number of fused-ring (bicyclic) bond motifs is 1. The quantitative estimate of drug-likeness (QED) is 0.739. The van der Waals surface area contributed by atoms with Crippen LogP contribution in [0, 0.1) is 6.92 Å². The number of ether oxygens (including phenoxy) is 2. The van der Waals surface area contributed by atoms with Crippen molar-refractivity contribution in [2.45, 2.75) is 19.6 Å². The number of benzene rings is 2. The fourth-order valence-corrected chi connectivity index (χ4v) is 2.70. The molecule has 138 valence electrons. The van der Waals surface area contributed by atoms with Gasteiger partial charge in [0.15, 0.2) is 11.5 Å². The monoisotopic (exact) mass is 365 g/mol. The number of para-hydroxylation sites is 2. The summed E-state index contributed by atoms with van der Waals surface area (Å²) in [5.41, 5.74) is 2.01. The molecule has 0 radical (unpaired) electrons. The predicted octanol–water partition coefficient (Wildman–Crippen LogP) is 1.60. The summed E-state index contributed by atoms with van der Waals surface area (Å²) in [5, 5.41) is 15.0. The Morgan fingerprint density at radius 3 is 2.78 bits per heavy atom. The summed E-state index contributed by atoms with van der Waals surface area (Å²) in [6.07, 6.45) is -0.240. The number of aryl methyl sites for hydroxylation is 1. The molecule has 1 amide bonds. The molecule has 0 unspecified atom stereocenters. The van der Waals surface area contributed by atoms with Crippen LogP contribution in [-0.2, 0) is 11.3 Å². The Morgan fingerprint density at radius 1 is 1.19 bits per heavy atom. The number of carbonyl (C=O) groups excluding carboxylic acids is 1. The number of nitrogens with zero attached hydrogens (tertiary/aromatic N) is 4. The van der Waals surface area contributed by atoms with Crippen molar-refractivity contribution >= 4 is 5.91 Å². The molecule has 8 heteroatoms. The first-order valence-corrected chi connectivity index (χ1v) is 8.67. The van der Waals surface area contributed by atoms with Gasteiger partial charge in [0.25, 0.3) is 0 Å². The molecule has 3 aromatic rings. The SMILES string of the molecule is Cc1ccc(-c2nnn(CC(=O)NC[C@H]3COc4ccccc4O3)n2)cc1. The third kappa shape index (κ3) is 4.05. The molecular weight excluding hydrogens is 346 g/mol.